The highest BCUT2D eigenvalue weighted by molar-refractivity contribution is 7.90. The molecule has 1 aromatic carbocycles. The minimum absolute atomic E-state index is 0.0698. The molecular weight excluding hydrogens is 336 g/mol. The average molecular weight is 358 g/mol. The molecule has 0 spiro atoms. The number of benzene rings is 1. The zero-order valence-corrected chi connectivity index (χ0v) is 14.4. The van der Waals surface area contributed by atoms with E-state index >= 15 is 0 Å². The molecule has 9 heteroatoms. The van der Waals surface area contributed by atoms with Gasteiger partial charge in [-0.1, -0.05) is 0 Å². The second kappa shape index (κ2) is 8.41. The first-order valence-corrected chi connectivity index (χ1v) is 9.69. The number of hydrogen-bond acceptors (Lipinski definition) is 7. The molecule has 1 aromatic rings. The minimum atomic E-state index is -3.48. The summed E-state index contributed by atoms with van der Waals surface area (Å²) in [6, 6.07) is 3.85. The molecule has 1 heterocycles. The molecule has 0 amide bonds. The van der Waals surface area contributed by atoms with E-state index in [-0.39, 0.29) is 16.7 Å². The largest absolute Gasteiger partial charge is 0.379 e. The Morgan fingerprint density at radius 3 is 2.88 bits per heavy atom. The Kier molecular flexibility index (Phi) is 6.52. The average Bonchev–Trinajstić information content (AvgIpc) is 3.03. The van der Waals surface area contributed by atoms with E-state index in [1.54, 1.807) is 0 Å². The molecule has 1 aliphatic rings. The van der Waals surface area contributed by atoms with Crippen molar-refractivity contribution >= 4 is 21.2 Å². The van der Waals surface area contributed by atoms with Crippen LogP contribution in [0, 0.1) is 10.1 Å². The third-order valence-corrected chi connectivity index (χ3v) is 4.81. The zero-order chi connectivity index (χ0) is 17.6. The maximum atomic E-state index is 11.5. The second-order valence-electron chi connectivity index (χ2n) is 5.70. The van der Waals surface area contributed by atoms with E-state index in [1.807, 2.05) is 0 Å². The zero-order valence-electron chi connectivity index (χ0n) is 13.6. The number of nitrogens with one attached hydrogen (secondary N) is 1. The minimum Gasteiger partial charge on any atom is -0.379 e. The van der Waals surface area contributed by atoms with Crippen LogP contribution in [-0.4, -0.2) is 52.1 Å². The molecule has 1 atom stereocenters. The molecule has 134 valence electrons. The van der Waals surface area contributed by atoms with Gasteiger partial charge in [0.15, 0.2) is 9.84 Å². The van der Waals surface area contributed by atoms with Crippen molar-refractivity contribution in [3.8, 4) is 0 Å². The van der Waals surface area contributed by atoms with Gasteiger partial charge in [-0.15, -0.1) is 0 Å². The van der Waals surface area contributed by atoms with Crippen molar-refractivity contribution in [3.05, 3.63) is 28.3 Å². The molecule has 0 saturated carbocycles. The summed E-state index contributed by atoms with van der Waals surface area (Å²) < 4.78 is 33.9. The van der Waals surface area contributed by atoms with E-state index < -0.39 is 14.8 Å². The fourth-order valence-electron chi connectivity index (χ4n) is 2.43. The van der Waals surface area contributed by atoms with Crippen molar-refractivity contribution in [1.29, 1.82) is 0 Å². The van der Waals surface area contributed by atoms with Crippen molar-refractivity contribution in [3.63, 3.8) is 0 Å². The first-order valence-electron chi connectivity index (χ1n) is 7.79. The summed E-state index contributed by atoms with van der Waals surface area (Å²) in [6.07, 6.45) is 3.98. The van der Waals surface area contributed by atoms with Crippen LogP contribution in [0.2, 0.25) is 0 Å². The highest BCUT2D eigenvalue weighted by atomic mass is 32.2. The Balaban J connectivity index is 1.82. The third-order valence-electron chi connectivity index (χ3n) is 3.70. The quantitative estimate of drug-likeness (QED) is 0.408. The first-order chi connectivity index (χ1) is 11.4. The Bertz CT molecular complexity index is 671. The summed E-state index contributed by atoms with van der Waals surface area (Å²) in [6.45, 7) is 2.39. The van der Waals surface area contributed by atoms with Crippen LogP contribution in [0.3, 0.4) is 0 Å². The van der Waals surface area contributed by atoms with Crippen LogP contribution in [0.25, 0.3) is 0 Å². The monoisotopic (exact) mass is 358 g/mol. The predicted octanol–water partition coefficient (Wildman–Crippen LogP) is 2.00. The molecule has 1 N–H and O–H groups in total. The van der Waals surface area contributed by atoms with Crippen molar-refractivity contribution in [2.45, 2.75) is 30.3 Å². The van der Waals surface area contributed by atoms with Crippen LogP contribution in [0.4, 0.5) is 11.4 Å². The molecule has 0 bridgehead atoms. The summed E-state index contributed by atoms with van der Waals surface area (Å²) in [4.78, 5) is 10.5. The highest BCUT2D eigenvalue weighted by Gasteiger charge is 2.18. The highest BCUT2D eigenvalue weighted by Crippen LogP contribution is 2.27. The van der Waals surface area contributed by atoms with E-state index in [9.17, 15) is 18.5 Å². The van der Waals surface area contributed by atoms with Crippen LogP contribution < -0.4 is 5.32 Å². The van der Waals surface area contributed by atoms with Gasteiger partial charge in [0.05, 0.1) is 22.5 Å². The van der Waals surface area contributed by atoms with Crippen LogP contribution in [0.15, 0.2) is 23.1 Å². The van der Waals surface area contributed by atoms with Gasteiger partial charge in [-0.05, 0) is 31.4 Å². The number of sulfone groups is 1. The molecular formula is C15H22N2O6S. The summed E-state index contributed by atoms with van der Waals surface area (Å²) in [7, 11) is -3.48. The summed E-state index contributed by atoms with van der Waals surface area (Å²) in [5.41, 5.74) is 0.0460. The molecule has 8 nitrogen and oxygen atoms in total. The second-order valence-corrected chi connectivity index (χ2v) is 7.71. The van der Waals surface area contributed by atoms with Gasteiger partial charge in [0.25, 0.3) is 5.69 Å². The number of ether oxygens (including phenoxy) is 2. The van der Waals surface area contributed by atoms with E-state index in [0.717, 1.165) is 31.8 Å². The van der Waals surface area contributed by atoms with E-state index in [2.05, 4.69) is 5.32 Å². The van der Waals surface area contributed by atoms with Gasteiger partial charge < -0.3 is 14.8 Å². The van der Waals surface area contributed by atoms with Crippen molar-refractivity contribution in [2.24, 2.45) is 0 Å². The standard InChI is InChI=1S/C15H22N2O6S/c1-24(20,21)13-5-6-14(15(10-13)17(18)19)16-7-3-8-22-11-12-4-2-9-23-12/h5-6,10,12,16H,2-4,7-9,11H2,1H3/t12-/m0/s1. The van der Waals surface area contributed by atoms with Crippen molar-refractivity contribution < 1.29 is 22.8 Å². The van der Waals surface area contributed by atoms with Crippen LogP contribution >= 0.6 is 0 Å². The molecule has 0 aromatic heterocycles. The summed E-state index contributed by atoms with van der Waals surface area (Å²) in [5, 5.41) is 14.1. The number of nitro groups is 1. The van der Waals surface area contributed by atoms with Gasteiger partial charge in [0, 0.05) is 32.1 Å². The first kappa shape index (κ1) is 18.6. The molecule has 24 heavy (non-hydrogen) atoms. The van der Waals surface area contributed by atoms with E-state index in [1.165, 1.54) is 12.1 Å². The lowest BCUT2D eigenvalue weighted by Gasteiger charge is -2.11. The molecule has 1 aliphatic heterocycles. The maximum absolute atomic E-state index is 11.5. The van der Waals surface area contributed by atoms with Gasteiger partial charge in [-0.25, -0.2) is 8.42 Å². The molecule has 0 unspecified atom stereocenters. The Labute approximate surface area is 141 Å². The van der Waals surface area contributed by atoms with Gasteiger partial charge in [-0.2, -0.15) is 0 Å². The fourth-order valence-corrected chi connectivity index (χ4v) is 3.07. The molecule has 1 fully saturated rings. The molecule has 0 radical (unpaired) electrons. The number of hydrogen-bond donors (Lipinski definition) is 1. The van der Waals surface area contributed by atoms with Crippen molar-refractivity contribution in [2.75, 3.05) is 37.9 Å². The van der Waals surface area contributed by atoms with Crippen LogP contribution in [0.5, 0.6) is 0 Å². The Morgan fingerprint density at radius 2 is 2.25 bits per heavy atom. The fraction of sp³-hybridized carbons (Fsp3) is 0.600. The number of anilines is 1. The Morgan fingerprint density at radius 1 is 1.46 bits per heavy atom. The lowest BCUT2D eigenvalue weighted by molar-refractivity contribution is -0.384. The van der Waals surface area contributed by atoms with Crippen molar-refractivity contribution in [1.82, 2.24) is 0 Å². The molecule has 2 rings (SSSR count). The van der Waals surface area contributed by atoms with Gasteiger partial charge in [-0.3, -0.25) is 10.1 Å². The van der Waals surface area contributed by atoms with Gasteiger partial charge in [0.1, 0.15) is 5.69 Å². The SMILES string of the molecule is CS(=O)(=O)c1ccc(NCCCOC[C@@H]2CCCO2)c([N+](=O)[O-])c1. The van der Waals surface area contributed by atoms with Crippen LogP contribution in [0.1, 0.15) is 19.3 Å². The normalized spacial score (nSPS) is 17.8. The number of nitro benzene ring substituents is 1. The lowest BCUT2D eigenvalue weighted by Crippen LogP contribution is -2.15. The molecule has 0 aliphatic carbocycles. The number of nitrogens with zero attached hydrogens (tertiary/aromatic N) is 1. The predicted molar refractivity (Wildman–Crippen MR) is 89.1 cm³/mol. The van der Waals surface area contributed by atoms with Gasteiger partial charge in [0.2, 0.25) is 0 Å². The van der Waals surface area contributed by atoms with E-state index in [0.29, 0.717) is 31.9 Å². The smallest absolute Gasteiger partial charge is 0.293 e. The third kappa shape index (κ3) is 5.43. The van der Waals surface area contributed by atoms with Gasteiger partial charge >= 0.3 is 0 Å². The maximum Gasteiger partial charge on any atom is 0.293 e. The lowest BCUT2D eigenvalue weighted by atomic mass is 10.2. The Hall–Kier alpha value is -1.71. The van der Waals surface area contributed by atoms with Crippen LogP contribution in [-0.2, 0) is 19.3 Å². The number of rotatable bonds is 9. The molecule has 1 saturated heterocycles. The van der Waals surface area contributed by atoms with E-state index in [4.69, 9.17) is 9.47 Å². The topological polar surface area (TPSA) is 108 Å². The summed E-state index contributed by atoms with van der Waals surface area (Å²) in [5.74, 6) is 0. The summed E-state index contributed by atoms with van der Waals surface area (Å²) >= 11 is 0.